The number of rotatable bonds is 5. The largest absolute Gasteiger partial charge is 0.449 e. The first kappa shape index (κ1) is 19.2. The van der Waals surface area contributed by atoms with Gasteiger partial charge in [0.25, 0.3) is 11.6 Å². The number of hydrogen-bond donors (Lipinski definition) is 1. The molecule has 7 nitrogen and oxygen atoms in total. The molecule has 0 aromatic heterocycles. The molecule has 4 fully saturated rings. The van der Waals surface area contributed by atoms with Crippen LogP contribution in [0.1, 0.15) is 55.8 Å². The van der Waals surface area contributed by atoms with Crippen molar-refractivity contribution in [3.63, 3.8) is 0 Å². The highest BCUT2D eigenvalue weighted by Gasteiger charge is 2.51. The molecule has 0 unspecified atom stereocenters. The summed E-state index contributed by atoms with van der Waals surface area (Å²) in [4.78, 5) is 35.4. The molecular weight excluding hydrogens is 384 g/mol. The minimum absolute atomic E-state index is 0.0456. The number of halogens is 1. The molecule has 0 heterocycles. The molecule has 5 rings (SSSR count). The summed E-state index contributed by atoms with van der Waals surface area (Å²) < 4.78 is 5.27. The van der Waals surface area contributed by atoms with E-state index in [-0.39, 0.29) is 27.7 Å². The van der Waals surface area contributed by atoms with Crippen molar-refractivity contribution in [1.82, 2.24) is 5.32 Å². The van der Waals surface area contributed by atoms with Gasteiger partial charge in [-0.2, -0.15) is 0 Å². The summed E-state index contributed by atoms with van der Waals surface area (Å²) in [6.07, 6.45) is 5.81. The van der Waals surface area contributed by atoms with E-state index in [1.54, 1.807) is 0 Å². The normalized spacial score (nSPS) is 31.3. The molecule has 1 aromatic rings. The monoisotopic (exact) mass is 406 g/mol. The Morgan fingerprint density at radius 1 is 1.21 bits per heavy atom. The average molecular weight is 407 g/mol. The maximum Gasteiger partial charge on any atom is 0.340 e. The molecule has 0 aliphatic heterocycles. The van der Waals surface area contributed by atoms with E-state index in [9.17, 15) is 19.7 Å². The van der Waals surface area contributed by atoms with Crippen LogP contribution in [0, 0.1) is 27.9 Å². The number of nitro groups is 1. The first-order valence-corrected chi connectivity index (χ1v) is 10.1. The van der Waals surface area contributed by atoms with Gasteiger partial charge < -0.3 is 10.1 Å². The third-order valence-corrected chi connectivity index (χ3v) is 6.79. The number of hydrogen-bond acceptors (Lipinski definition) is 5. The fourth-order valence-electron chi connectivity index (χ4n) is 5.69. The lowest BCUT2D eigenvalue weighted by Crippen LogP contribution is -2.61. The molecule has 0 saturated heterocycles. The Kier molecular flexibility index (Phi) is 4.81. The highest BCUT2D eigenvalue weighted by molar-refractivity contribution is 6.33. The van der Waals surface area contributed by atoms with Gasteiger partial charge in [-0.15, -0.1) is 0 Å². The molecule has 8 heteroatoms. The quantitative estimate of drug-likeness (QED) is 0.454. The molecule has 4 aliphatic carbocycles. The van der Waals surface area contributed by atoms with Crippen LogP contribution in [0.2, 0.25) is 5.02 Å². The summed E-state index contributed by atoms with van der Waals surface area (Å²) >= 11 is 5.98. The molecule has 28 heavy (non-hydrogen) atoms. The number of carbonyl (C=O) groups excluding carboxylic acids is 2. The van der Waals surface area contributed by atoms with Crippen LogP contribution in [0.5, 0.6) is 0 Å². The lowest BCUT2D eigenvalue weighted by atomic mass is 9.53. The number of nitro benzene ring substituents is 1. The van der Waals surface area contributed by atoms with Gasteiger partial charge in [-0.05, 0) is 69.3 Å². The Morgan fingerprint density at radius 2 is 1.79 bits per heavy atom. The van der Waals surface area contributed by atoms with Crippen molar-refractivity contribution in [2.75, 3.05) is 0 Å². The second kappa shape index (κ2) is 7.03. The van der Waals surface area contributed by atoms with Gasteiger partial charge in [0.1, 0.15) is 0 Å². The molecular formula is C20H23ClN2O5. The summed E-state index contributed by atoms with van der Waals surface area (Å²) in [6, 6.07) is 3.55. The number of nitrogens with one attached hydrogen (secondary N) is 1. The molecule has 0 radical (unpaired) electrons. The van der Waals surface area contributed by atoms with Crippen molar-refractivity contribution >= 4 is 29.2 Å². The molecule has 0 spiro atoms. The summed E-state index contributed by atoms with van der Waals surface area (Å²) in [7, 11) is 0. The van der Waals surface area contributed by atoms with Crippen LogP contribution in [0.4, 0.5) is 5.69 Å². The molecule has 1 aromatic carbocycles. The molecule has 150 valence electrons. The van der Waals surface area contributed by atoms with Crippen LogP contribution in [-0.2, 0) is 9.53 Å². The van der Waals surface area contributed by atoms with Crippen molar-refractivity contribution in [1.29, 1.82) is 0 Å². The average Bonchev–Trinajstić information content (AvgIpc) is 2.60. The highest BCUT2D eigenvalue weighted by Crippen LogP contribution is 2.55. The number of nitrogens with zero attached hydrogens (tertiary/aromatic N) is 1. The van der Waals surface area contributed by atoms with E-state index in [0.29, 0.717) is 17.8 Å². The number of ether oxygens (including phenoxy) is 1. The van der Waals surface area contributed by atoms with Crippen LogP contribution in [0.3, 0.4) is 0 Å². The SMILES string of the molecule is C[C@@H](OC(=O)c1cc([N+](=O)[O-])ccc1Cl)C(=O)NC12CC3CC(CC(C3)C1)C2. The Hall–Kier alpha value is -2.15. The molecule has 1 atom stereocenters. The number of benzene rings is 1. The van der Waals surface area contributed by atoms with E-state index < -0.39 is 17.0 Å². The maximum atomic E-state index is 12.7. The Balaban J connectivity index is 1.42. The van der Waals surface area contributed by atoms with Gasteiger partial charge in [0.15, 0.2) is 6.10 Å². The van der Waals surface area contributed by atoms with Gasteiger partial charge in [-0.25, -0.2) is 4.79 Å². The molecule has 1 N–H and O–H groups in total. The predicted molar refractivity (Wildman–Crippen MR) is 102 cm³/mol. The lowest BCUT2D eigenvalue weighted by Gasteiger charge is -2.57. The van der Waals surface area contributed by atoms with Gasteiger partial charge >= 0.3 is 5.97 Å². The summed E-state index contributed by atoms with van der Waals surface area (Å²) in [5.41, 5.74) is -0.553. The van der Waals surface area contributed by atoms with Crippen LogP contribution >= 0.6 is 11.6 Å². The Morgan fingerprint density at radius 3 is 2.32 bits per heavy atom. The topological polar surface area (TPSA) is 98.5 Å². The van der Waals surface area contributed by atoms with Gasteiger partial charge in [0.2, 0.25) is 0 Å². The van der Waals surface area contributed by atoms with Crippen LogP contribution in [-0.4, -0.2) is 28.4 Å². The van der Waals surface area contributed by atoms with Gasteiger partial charge in [0.05, 0.1) is 15.5 Å². The molecule has 1 amide bonds. The summed E-state index contributed by atoms with van der Waals surface area (Å²) in [5.74, 6) is 0.896. The zero-order chi connectivity index (χ0) is 20.1. The van der Waals surface area contributed by atoms with Crippen molar-refractivity contribution in [2.24, 2.45) is 17.8 Å². The molecule has 4 aliphatic rings. The van der Waals surface area contributed by atoms with Crippen LogP contribution in [0.15, 0.2) is 18.2 Å². The van der Waals surface area contributed by atoms with Gasteiger partial charge in [0, 0.05) is 17.7 Å². The third-order valence-electron chi connectivity index (χ3n) is 6.46. The number of carbonyl (C=O) groups is 2. The number of esters is 1. The van der Waals surface area contributed by atoms with Gasteiger partial charge in [-0.3, -0.25) is 14.9 Å². The summed E-state index contributed by atoms with van der Waals surface area (Å²) in [5, 5.41) is 14.1. The second-order valence-electron chi connectivity index (χ2n) is 8.66. The minimum Gasteiger partial charge on any atom is -0.449 e. The Bertz CT molecular complexity index is 805. The van der Waals surface area contributed by atoms with E-state index in [0.717, 1.165) is 25.3 Å². The smallest absolute Gasteiger partial charge is 0.340 e. The zero-order valence-corrected chi connectivity index (χ0v) is 16.4. The third kappa shape index (κ3) is 3.60. The lowest BCUT2D eigenvalue weighted by molar-refractivity contribution is -0.384. The van der Waals surface area contributed by atoms with Crippen molar-refractivity contribution in [2.45, 2.75) is 57.1 Å². The standard InChI is InChI=1S/C20H23ClN2O5/c1-11(28-19(25)16-7-15(23(26)27)2-3-17(16)21)18(24)22-20-8-12-4-13(9-20)6-14(5-12)10-20/h2-3,7,11-14H,4-6,8-10H2,1H3,(H,22,24)/t11-,12?,13?,14?,20?/m1/s1. The predicted octanol–water partition coefficient (Wildman–Crippen LogP) is 3.88. The Labute approximate surface area is 167 Å². The fourth-order valence-corrected chi connectivity index (χ4v) is 5.88. The van der Waals surface area contributed by atoms with Crippen molar-refractivity contribution in [3.8, 4) is 0 Å². The summed E-state index contributed by atoms with van der Waals surface area (Å²) in [6.45, 7) is 1.51. The fraction of sp³-hybridized carbons (Fsp3) is 0.600. The van der Waals surface area contributed by atoms with E-state index in [4.69, 9.17) is 16.3 Å². The molecule has 4 saturated carbocycles. The van der Waals surface area contributed by atoms with Crippen molar-refractivity contribution < 1.29 is 19.2 Å². The van der Waals surface area contributed by atoms with Gasteiger partial charge in [-0.1, -0.05) is 11.6 Å². The second-order valence-corrected chi connectivity index (χ2v) is 9.06. The van der Waals surface area contributed by atoms with E-state index in [1.165, 1.54) is 38.3 Å². The van der Waals surface area contributed by atoms with Crippen LogP contribution < -0.4 is 5.32 Å². The van der Waals surface area contributed by atoms with E-state index in [1.807, 2.05) is 0 Å². The maximum absolute atomic E-state index is 12.7. The van der Waals surface area contributed by atoms with E-state index in [2.05, 4.69) is 5.32 Å². The first-order chi connectivity index (χ1) is 13.2. The number of non-ortho nitro benzene ring substituents is 1. The zero-order valence-electron chi connectivity index (χ0n) is 15.7. The first-order valence-electron chi connectivity index (χ1n) is 9.71. The van der Waals surface area contributed by atoms with E-state index >= 15 is 0 Å². The number of amides is 1. The minimum atomic E-state index is -1.00. The van der Waals surface area contributed by atoms with Crippen LogP contribution in [0.25, 0.3) is 0 Å². The molecule has 4 bridgehead atoms. The highest BCUT2D eigenvalue weighted by atomic mass is 35.5. The van der Waals surface area contributed by atoms with Crippen molar-refractivity contribution in [3.05, 3.63) is 38.9 Å².